The first-order valence-electron chi connectivity index (χ1n) is 9.22. The molecule has 0 fully saturated rings. The smallest absolute Gasteiger partial charge is 0.277 e. The van der Waals surface area contributed by atoms with Crippen molar-refractivity contribution in [3.63, 3.8) is 0 Å². The summed E-state index contributed by atoms with van der Waals surface area (Å²) in [7, 11) is 0. The van der Waals surface area contributed by atoms with Gasteiger partial charge in [-0.2, -0.15) is 5.10 Å². The highest BCUT2D eigenvalue weighted by molar-refractivity contribution is 5.75. The highest BCUT2D eigenvalue weighted by Crippen LogP contribution is 2.22. The molecule has 27 heavy (non-hydrogen) atoms. The minimum Gasteiger partial charge on any atom is -0.350 e. The van der Waals surface area contributed by atoms with E-state index in [0.717, 1.165) is 48.9 Å². The number of benzene rings is 1. The number of hydrogen-bond donors (Lipinski definition) is 1. The lowest BCUT2D eigenvalue weighted by molar-refractivity contribution is -0.121. The molecule has 1 N–H and O–H groups in total. The molecular formula is C20H21FN4O2. The molecule has 140 valence electrons. The molecule has 0 atom stereocenters. The number of aromatic nitrogens is 3. The molecule has 0 unspecified atom stereocenters. The summed E-state index contributed by atoms with van der Waals surface area (Å²) in [5.41, 5.74) is 3.22. The summed E-state index contributed by atoms with van der Waals surface area (Å²) < 4.78 is 16.0. The number of nitrogens with one attached hydrogen (secondary N) is 1. The van der Waals surface area contributed by atoms with E-state index >= 15 is 0 Å². The summed E-state index contributed by atoms with van der Waals surface area (Å²) >= 11 is 0. The zero-order valence-electron chi connectivity index (χ0n) is 14.9. The van der Waals surface area contributed by atoms with Gasteiger partial charge in [-0.25, -0.2) is 8.91 Å². The van der Waals surface area contributed by atoms with Crippen LogP contribution in [0.4, 0.5) is 4.39 Å². The fraction of sp³-hybridized carbons (Fsp3) is 0.350. The molecule has 0 saturated carbocycles. The number of carbonyl (C=O) groups excluding carboxylic acids is 1. The molecule has 1 amide bonds. The van der Waals surface area contributed by atoms with Gasteiger partial charge in [0.25, 0.3) is 5.56 Å². The first-order valence-corrected chi connectivity index (χ1v) is 9.22. The van der Waals surface area contributed by atoms with Crippen LogP contribution in [-0.2, 0) is 30.7 Å². The van der Waals surface area contributed by atoms with Crippen LogP contribution in [0, 0.1) is 5.82 Å². The molecule has 0 radical (unpaired) electrons. The maximum absolute atomic E-state index is 12.9. The van der Waals surface area contributed by atoms with Crippen LogP contribution in [0.25, 0.3) is 5.52 Å². The fourth-order valence-electron chi connectivity index (χ4n) is 3.57. The Labute approximate surface area is 155 Å². The molecule has 0 bridgehead atoms. The molecule has 4 rings (SSSR count). The maximum atomic E-state index is 12.9. The van der Waals surface area contributed by atoms with E-state index in [2.05, 4.69) is 10.4 Å². The SMILES string of the molecule is O=C(Cn1ccn2nc3c(c2c1=O)CCCCC3)NCc1ccc(F)cc1. The standard InChI is InChI=1S/C20H21FN4O2/c21-15-8-6-14(7-9-15)12-22-18(26)13-24-10-11-25-19(20(24)27)16-4-2-1-3-5-17(16)23-25/h6-11H,1-5,12-13H2,(H,22,26). The lowest BCUT2D eigenvalue weighted by Gasteiger charge is -2.08. The van der Waals surface area contributed by atoms with Gasteiger partial charge in [-0.3, -0.25) is 9.59 Å². The van der Waals surface area contributed by atoms with Crippen molar-refractivity contribution in [3.8, 4) is 0 Å². The number of amides is 1. The average molecular weight is 368 g/mol. The second-order valence-electron chi connectivity index (χ2n) is 6.91. The van der Waals surface area contributed by atoms with E-state index in [1.54, 1.807) is 29.0 Å². The van der Waals surface area contributed by atoms with Crippen molar-refractivity contribution in [2.75, 3.05) is 0 Å². The minimum atomic E-state index is -0.315. The number of halogens is 1. The van der Waals surface area contributed by atoms with Crippen molar-refractivity contribution in [1.82, 2.24) is 19.5 Å². The van der Waals surface area contributed by atoms with E-state index in [0.29, 0.717) is 5.52 Å². The quantitative estimate of drug-likeness (QED) is 0.718. The second-order valence-corrected chi connectivity index (χ2v) is 6.91. The lowest BCUT2D eigenvalue weighted by atomic mass is 10.1. The van der Waals surface area contributed by atoms with Crippen molar-refractivity contribution in [2.45, 2.75) is 45.2 Å². The zero-order valence-corrected chi connectivity index (χ0v) is 14.9. The fourth-order valence-corrected chi connectivity index (χ4v) is 3.57. The largest absolute Gasteiger partial charge is 0.350 e. The molecule has 7 heteroatoms. The molecule has 0 aliphatic heterocycles. The van der Waals surface area contributed by atoms with Crippen LogP contribution < -0.4 is 10.9 Å². The van der Waals surface area contributed by atoms with Gasteiger partial charge in [-0.05, 0) is 43.4 Å². The summed E-state index contributed by atoms with van der Waals surface area (Å²) in [6.45, 7) is 0.231. The van der Waals surface area contributed by atoms with Crippen molar-refractivity contribution >= 4 is 11.4 Å². The minimum absolute atomic E-state index is 0.0590. The summed E-state index contributed by atoms with van der Waals surface area (Å²) in [4.78, 5) is 25.2. The lowest BCUT2D eigenvalue weighted by Crippen LogP contribution is -2.32. The van der Waals surface area contributed by atoms with E-state index in [1.807, 2.05) is 0 Å². The molecular weight excluding hydrogens is 347 g/mol. The second kappa shape index (κ2) is 7.34. The van der Waals surface area contributed by atoms with E-state index in [4.69, 9.17) is 0 Å². The third-order valence-corrected chi connectivity index (χ3v) is 5.00. The summed E-state index contributed by atoms with van der Waals surface area (Å²) in [5, 5.41) is 7.31. The van der Waals surface area contributed by atoms with Gasteiger partial charge >= 0.3 is 0 Å². The monoisotopic (exact) mass is 368 g/mol. The van der Waals surface area contributed by atoms with Gasteiger partial charge in [-0.1, -0.05) is 18.6 Å². The van der Waals surface area contributed by atoms with Gasteiger partial charge in [0.05, 0.1) is 5.69 Å². The summed E-state index contributed by atoms with van der Waals surface area (Å²) in [5.74, 6) is -0.582. The van der Waals surface area contributed by atoms with Crippen LogP contribution in [0.1, 0.15) is 36.1 Å². The predicted molar refractivity (Wildman–Crippen MR) is 99.0 cm³/mol. The summed E-state index contributed by atoms with van der Waals surface area (Å²) in [6.07, 6.45) is 8.38. The molecule has 2 heterocycles. The highest BCUT2D eigenvalue weighted by atomic mass is 19.1. The third kappa shape index (κ3) is 3.63. The average Bonchev–Trinajstić information content (AvgIpc) is 2.86. The topological polar surface area (TPSA) is 68.4 Å². The Bertz CT molecular complexity index is 1040. The van der Waals surface area contributed by atoms with E-state index < -0.39 is 0 Å². The highest BCUT2D eigenvalue weighted by Gasteiger charge is 2.19. The van der Waals surface area contributed by atoms with Crippen LogP contribution in [0.5, 0.6) is 0 Å². The van der Waals surface area contributed by atoms with Crippen LogP contribution in [-0.4, -0.2) is 20.1 Å². The van der Waals surface area contributed by atoms with Crippen LogP contribution in [0.15, 0.2) is 41.5 Å². The Hall–Kier alpha value is -2.96. The van der Waals surface area contributed by atoms with Crippen LogP contribution in [0.3, 0.4) is 0 Å². The van der Waals surface area contributed by atoms with Gasteiger partial charge in [0, 0.05) is 24.5 Å². The molecule has 0 spiro atoms. The normalized spacial score (nSPS) is 14.0. The van der Waals surface area contributed by atoms with Crippen molar-refractivity contribution in [2.24, 2.45) is 0 Å². The number of fused-ring (bicyclic) bond motifs is 3. The Balaban J connectivity index is 1.52. The zero-order chi connectivity index (χ0) is 18.8. The van der Waals surface area contributed by atoms with Gasteiger partial charge in [0.2, 0.25) is 5.91 Å². The van der Waals surface area contributed by atoms with Crippen LogP contribution >= 0.6 is 0 Å². The maximum Gasteiger partial charge on any atom is 0.277 e. The Morgan fingerprint density at radius 3 is 2.70 bits per heavy atom. The molecule has 3 aromatic rings. The third-order valence-electron chi connectivity index (χ3n) is 5.00. The van der Waals surface area contributed by atoms with Crippen LogP contribution in [0.2, 0.25) is 0 Å². The van der Waals surface area contributed by atoms with Gasteiger partial charge in [-0.15, -0.1) is 0 Å². The van der Waals surface area contributed by atoms with Crippen molar-refractivity contribution in [3.05, 3.63) is 69.7 Å². The Morgan fingerprint density at radius 2 is 1.89 bits per heavy atom. The molecule has 1 aliphatic carbocycles. The number of hydrogen-bond acceptors (Lipinski definition) is 3. The van der Waals surface area contributed by atoms with Gasteiger partial charge < -0.3 is 9.88 Å². The van der Waals surface area contributed by atoms with E-state index in [1.165, 1.54) is 16.7 Å². The molecule has 2 aromatic heterocycles. The summed E-state index contributed by atoms with van der Waals surface area (Å²) in [6, 6.07) is 5.95. The predicted octanol–water partition coefficient (Wildman–Crippen LogP) is 2.22. The van der Waals surface area contributed by atoms with Crippen molar-refractivity contribution < 1.29 is 9.18 Å². The van der Waals surface area contributed by atoms with E-state index in [-0.39, 0.29) is 30.4 Å². The molecule has 6 nitrogen and oxygen atoms in total. The van der Waals surface area contributed by atoms with Gasteiger partial charge in [0.15, 0.2) is 0 Å². The van der Waals surface area contributed by atoms with Crippen molar-refractivity contribution in [1.29, 1.82) is 0 Å². The van der Waals surface area contributed by atoms with E-state index in [9.17, 15) is 14.0 Å². The first-order chi connectivity index (χ1) is 13.1. The number of rotatable bonds is 4. The first kappa shape index (κ1) is 17.5. The molecule has 1 aromatic carbocycles. The Kier molecular flexibility index (Phi) is 4.75. The van der Waals surface area contributed by atoms with Gasteiger partial charge in [0.1, 0.15) is 17.9 Å². The number of nitrogens with zero attached hydrogens (tertiary/aromatic N) is 3. The number of aryl methyl sites for hydroxylation is 2. The molecule has 0 saturated heterocycles. The Morgan fingerprint density at radius 1 is 1.11 bits per heavy atom. The molecule has 1 aliphatic rings. The number of carbonyl (C=O) groups is 1.